The van der Waals surface area contributed by atoms with Crippen molar-refractivity contribution in [3.8, 4) is 11.5 Å². The third-order valence-corrected chi connectivity index (χ3v) is 4.85. The quantitative estimate of drug-likeness (QED) is 0.766. The second-order valence-electron chi connectivity index (χ2n) is 7.41. The largest absolute Gasteiger partial charge is 0.490 e. The molecule has 1 aromatic carbocycles. The predicted octanol–water partition coefficient (Wildman–Crippen LogP) is 3.46. The summed E-state index contributed by atoms with van der Waals surface area (Å²) in [6, 6.07) is 5.60. The van der Waals surface area contributed by atoms with Crippen molar-refractivity contribution in [1.82, 2.24) is 4.90 Å². The van der Waals surface area contributed by atoms with Crippen molar-refractivity contribution in [2.24, 2.45) is 11.1 Å². The average Bonchev–Trinajstić information content (AvgIpc) is 2.58. The van der Waals surface area contributed by atoms with Gasteiger partial charge in [-0.2, -0.15) is 0 Å². The van der Waals surface area contributed by atoms with Crippen LogP contribution in [0.25, 0.3) is 0 Å². The third-order valence-electron chi connectivity index (χ3n) is 4.85. The maximum Gasteiger partial charge on any atom is 0.254 e. The van der Waals surface area contributed by atoms with Crippen molar-refractivity contribution in [2.45, 2.75) is 53.0 Å². The molecule has 0 aromatic heterocycles. The first-order chi connectivity index (χ1) is 11.9. The summed E-state index contributed by atoms with van der Waals surface area (Å²) >= 11 is 0. The number of hydrogen-bond acceptors (Lipinski definition) is 4. The smallest absolute Gasteiger partial charge is 0.254 e. The van der Waals surface area contributed by atoms with Gasteiger partial charge in [0.25, 0.3) is 5.91 Å². The lowest BCUT2D eigenvalue weighted by Crippen LogP contribution is -2.54. The number of carbonyl (C=O) groups excluding carboxylic acids is 1. The molecule has 1 unspecified atom stereocenters. The molecule has 2 rings (SSSR count). The Bertz CT molecular complexity index is 586. The van der Waals surface area contributed by atoms with Crippen molar-refractivity contribution in [3.63, 3.8) is 0 Å². The highest BCUT2D eigenvalue weighted by Crippen LogP contribution is 2.32. The zero-order valence-electron chi connectivity index (χ0n) is 16.0. The summed E-state index contributed by atoms with van der Waals surface area (Å²) in [5.74, 6) is 1.37. The molecule has 0 aliphatic carbocycles. The van der Waals surface area contributed by atoms with Gasteiger partial charge in [-0.15, -0.1) is 0 Å². The molecule has 0 spiro atoms. The first kappa shape index (κ1) is 19.6. The molecule has 5 nitrogen and oxygen atoms in total. The van der Waals surface area contributed by atoms with Gasteiger partial charge in [-0.3, -0.25) is 4.79 Å². The summed E-state index contributed by atoms with van der Waals surface area (Å²) < 4.78 is 11.5. The molecular weight excluding hydrogens is 316 g/mol. The first-order valence-electron chi connectivity index (χ1n) is 9.33. The van der Waals surface area contributed by atoms with Crippen molar-refractivity contribution >= 4 is 5.91 Å². The van der Waals surface area contributed by atoms with Crippen LogP contribution in [0.4, 0.5) is 0 Å². The number of unbranched alkanes of at least 4 members (excludes halogenated alkanes) is 1. The second-order valence-corrected chi connectivity index (χ2v) is 7.41. The Morgan fingerprint density at radius 1 is 1.28 bits per heavy atom. The van der Waals surface area contributed by atoms with Gasteiger partial charge >= 0.3 is 0 Å². The predicted molar refractivity (Wildman–Crippen MR) is 100 cm³/mol. The highest BCUT2D eigenvalue weighted by molar-refractivity contribution is 5.95. The van der Waals surface area contributed by atoms with Crippen LogP contribution in [-0.2, 0) is 0 Å². The second kappa shape index (κ2) is 8.56. The molecule has 1 heterocycles. The molecule has 0 bridgehead atoms. The summed E-state index contributed by atoms with van der Waals surface area (Å²) in [5, 5.41) is 0. The molecule has 1 fully saturated rings. The fraction of sp³-hybridized carbons (Fsp3) is 0.650. The molecule has 1 saturated heterocycles. The zero-order valence-corrected chi connectivity index (χ0v) is 16.0. The molecule has 1 aliphatic heterocycles. The monoisotopic (exact) mass is 348 g/mol. The third kappa shape index (κ3) is 4.88. The van der Waals surface area contributed by atoms with Crippen LogP contribution in [0.3, 0.4) is 0 Å². The summed E-state index contributed by atoms with van der Waals surface area (Å²) in [6.07, 6.45) is 2.90. The standard InChI is InChI=1S/C20H32N2O3/c1-5-7-12-25-16-9-8-15(13-17(16)24-6-2)19(23)22-11-10-18(21)20(3,4)14-22/h8-9,13,18H,5-7,10-12,14,21H2,1-4H3. The molecule has 25 heavy (non-hydrogen) atoms. The van der Waals surface area contributed by atoms with E-state index in [0.29, 0.717) is 43.4 Å². The SMILES string of the molecule is CCCCOc1ccc(C(=O)N2CCC(N)C(C)(C)C2)cc1OCC. The summed E-state index contributed by atoms with van der Waals surface area (Å²) in [7, 11) is 0. The van der Waals surface area contributed by atoms with Crippen molar-refractivity contribution in [2.75, 3.05) is 26.3 Å². The molecule has 1 aromatic rings. The van der Waals surface area contributed by atoms with Crippen LogP contribution in [0.5, 0.6) is 11.5 Å². The number of benzene rings is 1. The molecule has 1 atom stereocenters. The molecule has 2 N–H and O–H groups in total. The van der Waals surface area contributed by atoms with Crippen LogP contribution < -0.4 is 15.2 Å². The fourth-order valence-electron chi connectivity index (χ4n) is 3.08. The van der Waals surface area contributed by atoms with Crippen molar-refractivity contribution in [1.29, 1.82) is 0 Å². The number of nitrogens with two attached hydrogens (primary N) is 1. The van der Waals surface area contributed by atoms with E-state index in [-0.39, 0.29) is 17.4 Å². The van der Waals surface area contributed by atoms with E-state index in [0.717, 1.165) is 19.3 Å². The van der Waals surface area contributed by atoms with Crippen molar-refractivity contribution < 1.29 is 14.3 Å². The van der Waals surface area contributed by atoms with Crippen LogP contribution in [0.2, 0.25) is 0 Å². The lowest BCUT2D eigenvalue weighted by atomic mass is 9.79. The Kier molecular flexibility index (Phi) is 6.71. The minimum atomic E-state index is -0.0696. The molecular formula is C20H32N2O3. The van der Waals surface area contributed by atoms with E-state index in [4.69, 9.17) is 15.2 Å². The number of ether oxygens (including phenoxy) is 2. The topological polar surface area (TPSA) is 64.8 Å². The van der Waals surface area contributed by atoms with E-state index in [1.807, 2.05) is 24.0 Å². The van der Waals surface area contributed by atoms with Gasteiger partial charge in [0, 0.05) is 24.7 Å². The number of carbonyl (C=O) groups is 1. The van der Waals surface area contributed by atoms with Crippen molar-refractivity contribution in [3.05, 3.63) is 23.8 Å². The summed E-state index contributed by atoms with van der Waals surface area (Å²) in [6.45, 7) is 10.9. The van der Waals surface area contributed by atoms with Crippen LogP contribution in [0, 0.1) is 5.41 Å². The molecule has 1 amide bonds. The first-order valence-corrected chi connectivity index (χ1v) is 9.33. The van der Waals surface area contributed by atoms with Gasteiger partial charge in [0.15, 0.2) is 11.5 Å². The van der Waals surface area contributed by atoms with E-state index in [2.05, 4.69) is 20.8 Å². The van der Waals surface area contributed by atoms with Gasteiger partial charge in [-0.25, -0.2) is 0 Å². The Labute approximate surface area is 151 Å². The number of hydrogen-bond donors (Lipinski definition) is 1. The van der Waals surface area contributed by atoms with E-state index in [1.54, 1.807) is 6.07 Å². The summed E-state index contributed by atoms with van der Waals surface area (Å²) in [5.41, 5.74) is 6.75. The maximum atomic E-state index is 12.9. The summed E-state index contributed by atoms with van der Waals surface area (Å²) in [4.78, 5) is 14.8. The molecule has 0 saturated carbocycles. The maximum absolute atomic E-state index is 12.9. The van der Waals surface area contributed by atoms with Gasteiger partial charge < -0.3 is 20.1 Å². The number of amides is 1. The number of nitrogens with zero attached hydrogens (tertiary/aromatic N) is 1. The van der Waals surface area contributed by atoms with Crippen LogP contribution >= 0.6 is 0 Å². The molecule has 1 aliphatic rings. The van der Waals surface area contributed by atoms with Gasteiger partial charge in [-0.05, 0) is 43.4 Å². The van der Waals surface area contributed by atoms with E-state index < -0.39 is 0 Å². The fourth-order valence-corrected chi connectivity index (χ4v) is 3.08. The Balaban J connectivity index is 2.15. The van der Waals surface area contributed by atoms with E-state index in [9.17, 15) is 4.79 Å². The zero-order chi connectivity index (χ0) is 18.4. The van der Waals surface area contributed by atoms with Gasteiger partial charge in [0.1, 0.15) is 0 Å². The van der Waals surface area contributed by atoms with Crippen LogP contribution in [-0.4, -0.2) is 43.2 Å². The highest BCUT2D eigenvalue weighted by Gasteiger charge is 2.35. The van der Waals surface area contributed by atoms with Gasteiger partial charge in [-0.1, -0.05) is 27.2 Å². The molecule has 5 heteroatoms. The lowest BCUT2D eigenvalue weighted by Gasteiger charge is -2.42. The lowest BCUT2D eigenvalue weighted by molar-refractivity contribution is 0.0532. The van der Waals surface area contributed by atoms with E-state index >= 15 is 0 Å². The normalized spacial score (nSPS) is 19.6. The Hall–Kier alpha value is -1.75. The average molecular weight is 348 g/mol. The van der Waals surface area contributed by atoms with Gasteiger partial charge in [0.2, 0.25) is 0 Å². The number of likely N-dealkylation sites (tertiary alicyclic amines) is 1. The molecule has 0 radical (unpaired) electrons. The highest BCUT2D eigenvalue weighted by atomic mass is 16.5. The minimum Gasteiger partial charge on any atom is -0.490 e. The Morgan fingerprint density at radius 2 is 2.04 bits per heavy atom. The minimum absolute atomic E-state index is 0.0287. The van der Waals surface area contributed by atoms with Crippen LogP contribution in [0.1, 0.15) is 57.3 Å². The number of piperidine rings is 1. The Morgan fingerprint density at radius 3 is 2.68 bits per heavy atom. The van der Waals surface area contributed by atoms with Crippen LogP contribution in [0.15, 0.2) is 18.2 Å². The van der Waals surface area contributed by atoms with Gasteiger partial charge in [0.05, 0.1) is 13.2 Å². The molecule has 140 valence electrons. The number of rotatable bonds is 7. The van der Waals surface area contributed by atoms with E-state index in [1.165, 1.54) is 0 Å².